The van der Waals surface area contributed by atoms with E-state index in [2.05, 4.69) is 24.1 Å². The Hall–Kier alpha value is -1.33. The molecule has 0 saturated carbocycles. The SMILES string of the molecule is CN1CCCc2cc(C=C(F)B3OC(C)(C)C(C)(C)O3)ccc21. The quantitative estimate of drug-likeness (QED) is 0.769. The second-order valence-corrected chi connectivity index (χ2v) is 7.53. The monoisotopic (exact) mass is 317 g/mol. The van der Waals surface area contributed by atoms with Gasteiger partial charge in [0.1, 0.15) is 5.73 Å². The normalized spacial score (nSPS) is 23.1. The summed E-state index contributed by atoms with van der Waals surface area (Å²) in [6.07, 6.45) is 3.70. The van der Waals surface area contributed by atoms with E-state index in [1.165, 1.54) is 17.3 Å². The van der Waals surface area contributed by atoms with Gasteiger partial charge in [-0.1, -0.05) is 6.07 Å². The Morgan fingerprint density at radius 1 is 1.22 bits per heavy atom. The third-order valence-corrected chi connectivity index (χ3v) is 5.24. The van der Waals surface area contributed by atoms with Crippen LogP contribution in [0.1, 0.15) is 45.2 Å². The number of fused-ring (bicyclic) bond motifs is 1. The Kier molecular flexibility index (Phi) is 4.05. The van der Waals surface area contributed by atoms with Crippen LogP contribution in [0.3, 0.4) is 0 Å². The smallest absolute Gasteiger partial charge is 0.398 e. The minimum atomic E-state index is -0.932. The van der Waals surface area contributed by atoms with E-state index in [0.717, 1.165) is 24.9 Å². The molecule has 3 nitrogen and oxygen atoms in total. The lowest BCUT2D eigenvalue weighted by Gasteiger charge is -2.32. The van der Waals surface area contributed by atoms with Gasteiger partial charge in [-0.05, 0) is 69.9 Å². The molecule has 0 bridgehead atoms. The highest BCUT2D eigenvalue weighted by Gasteiger charge is 2.53. The van der Waals surface area contributed by atoms with Gasteiger partial charge < -0.3 is 14.2 Å². The van der Waals surface area contributed by atoms with E-state index in [1.54, 1.807) is 0 Å². The minimum Gasteiger partial charge on any atom is -0.398 e. The van der Waals surface area contributed by atoms with Crippen molar-refractivity contribution < 1.29 is 13.7 Å². The lowest BCUT2D eigenvalue weighted by Crippen LogP contribution is -2.41. The molecule has 0 N–H and O–H groups in total. The highest BCUT2D eigenvalue weighted by Crippen LogP contribution is 2.39. The van der Waals surface area contributed by atoms with Gasteiger partial charge in [0.15, 0.2) is 0 Å². The number of benzene rings is 1. The van der Waals surface area contributed by atoms with Gasteiger partial charge >= 0.3 is 7.12 Å². The number of aryl methyl sites for hydroxylation is 1. The van der Waals surface area contributed by atoms with Crippen LogP contribution in [-0.2, 0) is 15.7 Å². The molecular formula is C18H25BFNO2. The molecule has 1 saturated heterocycles. The average Bonchev–Trinajstić information content (AvgIpc) is 2.68. The van der Waals surface area contributed by atoms with E-state index >= 15 is 0 Å². The van der Waals surface area contributed by atoms with Crippen LogP contribution < -0.4 is 4.90 Å². The summed E-state index contributed by atoms with van der Waals surface area (Å²) in [5.74, 6) is 0. The molecule has 0 amide bonds. The minimum absolute atomic E-state index is 0.382. The van der Waals surface area contributed by atoms with Crippen LogP contribution in [0.25, 0.3) is 6.08 Å². The third kappa shape index (κ3) is 3.04. The zero-order valence-electron chi connectivity index (χ0n) is 14.6. The lowest BCUT2D eigenvalue weighted by atomic mass is 9.86. The molecule has 0 radical (unpaired) electrons. The largest absolute Gasteiger partial charge is 0.525 e. The van der Waals surface area contributed by atoms with Gasteiger partial charge in [-0.15, -0.1) is 0 Å². The zero-order chi connectivity index (χ0) is 16.8. The number of hydrogen-bond acceptors (Lipinski definition) is 3. The van der Waals surface area contributed by atoms with Crippen LogP contribution in [-0.4, -0.2) is 31.9 Å². The van der Waals surface area contributed by atoms with Crippen molar-refractivity contribution in [1.29, 1.82) is 0 Å². The third-order valence-electron chi connectivity index (χ3n) is 5.24. The number of nitrogens with zero attached hydrogens (tertiary/aromatic N) is 1. The second kappa shape index (κ2) is 5.64. The fourth-order valence-corrected chi connectivity index (χ4v) is 3.08. The number of halogens is 1. The van der Waals surface area contributed by atoms with Gasteiger partial charge in [-0.25, -0.2) is 4.39 Å². The molecule has 3 rings (SSSR count). The predicted octanol–water partition coefficient (Wildman–Crippen LogP) is 4.01. The molecule has 0 spiro atoms. The van der Waals surface area contributed by atoms with E-state index < -0.39 is 18.3 Å². The molecule has 23 heavy (non-hydrogen) atoms. The Bertz CT molecular complexity index is 626. The Balaban J connectivity index is 1.82. The zero-order valence-corrected chi connectivity index (χ0v) is 14.6. The maximum atomic E-state index is 14.6. The maximum absolute atomic E-state index is 14.6. The van der Waals surface area contributed by atoms with Crippen molar-refractivity contribution in [3.05, 3.63) is 35.1 Å². The van der Waals surface area contributed by atoms with Gasteiger partial charge in [0.05, 0.1) is 11.2 Å². The molecular weight excluding hydrogens is 292 g/mol. The highest BCUT2D eigenvalue weighted by molar-refractivity contribution is 6.54. The molecule has 5 heteroatoms. The Morgan fingerprint density at radius 3 is 2.52 bits per heavy atom. The Labute approximate surface area is 138 Å². The van der Waals surface area contributed by atoms with Crippen molar-refractivity contribution in [3.8, 4) is 0 Å². The van der Waals surface area contributed by atoms with E-state index in [-0.39, 0.29) is 5.73 Å². The molecule has 1 aromatic rings. The summed E-state index contributed by atoms with van der Waals surface area (Å²) < 4.78 is 26.1. The number of hydrogen-bond donors (Lipinski definition) is 0. The van der Waals surface area contributed by atoms with Crippen LogP contribution in [0.15, 0.2) is 23.9 Å². The first kappa shape index (κ1) is 16.5. The molecule has 124 valence electrons. The van der Waals surface area contributed by atoms with E-state index in [0.29, 0.717) is 0 Å². The van der Waals surface area contributed by atoms with Crippen molar-refractivity contribution >= 4 is 18.9 Å². The summed E-state index contributed by atoms with van der Waals surface area (Å²) in [5, 5.41) is 0. The molecule has 2 aliphatic heterocycles. The van der Waals surface area contributed by atoms with Gasteiger partial charge in [0.2, 0.25) is 0 Å². The van der Waals surface area contributed by atoms with Crippen LogP contribution in [0.5, 0.6) is 0 Å². The summed E-state index contributed by atoms with van der Waals surface area (Å²) >= 11 is 0. The van der Waals surface area contributed by atoms with Crippen molar-refractivity contribution in [3.63, 3.8) is 0 Å². The molecule has 0 unspecified atom stereocenters. The summed E-state index contributed by atoms with van der Waals surface area (Å²) in [7, 11) is 1.16. The summed E-state index contributed by atoms with van der Waals surface area (Å²) in [5.41, 5.74) is 1.93. The molecule has 2 aliphatic rings. The molecule has 0 atom stereocenters. The lowest BCUT2D eigenvalue weighted by molar-refractivity contribution is 0.00578. The van der Waals surface area contributed by atoms with Crippen LogP contribution in [0.4, 0.5) is 10.1 Å². The standard InChI is InChI=1S/C18H25BFNO2/c1-17(2)18(3,4)23-19(22-17)16(20)12-13-8-9-15-14(11-13)7-6-10-21(15)5/h8-9,11-12H,6-7,10H2,1-5H3. The van der Waals surface area contributed by atoms with Gasteiger partial charge in [0.25, 0.3) is 0 Å². The fraction of sp³-hybridized carbons (Fsp3) is 0.556. The van der Waals surface area contributed by atoms with Gasteiger partial charge in [-0.2, -0.15) is 0 Å². The van der Waals surface area contributed by atoms with E-state index in [4.69, 9.17) is 9.31 Å². The Morgan fingerprint density at radius 2 is 1.87 bits per heavy atom. The summed E-state index contributed by atoms with van der Waals surface area (Å²) in [6, 6.07) is 6.08. The number of anilines is 1. The van der Waals surface area contributed by atoms with Crippen molar-refractivity contribution in [2.75, 3.05) is 18.5 Å². The number of rotatable bonds is 2. The van der Waals surface area contributed by atoms with Crippen molar-refractivity contribution in [2.45, 2.75) is 51.7 Å². The summed E-state index contributed by atoms with van der Waals surface area (Å²) in [4.78, 5) is 2.25. The first-order chi connectivity index (χ1) is 10.7. The van der Waals surface area contributed by atoms with Crippen LogP contribution >= 0.6 is 0 Å². The fourth-order valence-electron chi connectivity index (χ4n) is 3.08. The molecule has 0 aliphatic carbocycles. The molecule has 1 aromatic carbocycles. The van der Waals surface area contributed by atoms with Crippen LogP contribution in [0.2, 0.25) is 0 Å². The second-order valence-electron chi connectivity index (χ2n) is 7.53. The molecule has 1 fully saturated rings. The van der Waals surface area contributed by atoms with Gasteiger partial charge in [-0.3, -0.25) is 0 Å². The highest BCUT2D eigenvalue weighted by atomic mass is 19.1. The first-order valence-electron chi connectivity index (χ1n) is 8.26. The first-order valence-corrected chi connectivity index (χ1v) is 8.26. The van der Waals surface area contributed by atoms with Crippen LogP contribution in [0, 0.1) is 0 Å². The molecule has 0 aromatic heterocycles. The van der Waals surface area contributed by atoms with E-state index in [9.17, 15) is 4.39 Å². The van der Waals surface area contributed by atoms with Crippen molar-refractivity contribution in [2.24, 2.45) is 0 Å². The topological polar surface area (TPSA) is 21.7 Å². The average molecular weight is 317 g/mol. The maximum Gasteiger partial charge on any atom is 0.525 e. The predicted molar refractivity (Wildman–Crippen MR) is 93.2 cm³/mol. The van der Waals surface area contributed by atoms with E-state index in [1.807, 2.05) is 33.8 Å². The summed E-state index contributed by atoms with van der Waals surface area (Å²) in [6.45, 7) is 8.78. The van der Waals surface area contributed by atoms with Crippen molar-refractivity contribution in [1.82, 2.24) is 0 Å². The van der Waals surface area contributed by atoms with Gasteiger partial charge in [0, 0.05) is 19.3 Å². The molecule has 2 heterocycles.